The van der Waals surface area contributed by atoms with Gasteiger partial charge in [-0.25, -0.2) is 4.98 Å². The van der Waals surface area contributed by atoms with E-state index in [-0.39, 0.29) is 0 Å². The summed E-state index contributed by atoms with van der Waals surface area (Å²) in [6, 6.07) is 45.8. The molecule has 0 atom stereocenters. The number of nitrogens with zero attached hydrogens (tertiary/aromatic N) is 3. The molecule has 3 aromatic heterocycles. The molecule has 9 rings (SSSR count). The summed E-state index contributed by atoms with van der Waals surface area (Å²) in [7, 11) is 0. The monoisotopic (exact) mass is 515 g/mol. The van der Waals surface area contributed by atoms with Gasteiger partial charge in [0.15, 0.2) is 5.13 Å². The van der Waals surface area contributed by atoms with Gasteiger partial charge in [-0.3, -0.25) is 4.57 Å². The van der Waals surface area contributed by atoms with E-state index in [2.05, 4.69) is 137 Å². The van der Waals surface area contributed by atoms with Gasteiger partial charge in [0.2, 0.25) is 0 Å². The lowest BCUT2D eigenvalue weighted by Crippen LogP contribution is -1.96. The van der Waals surface area contributed by atoms with Gasteiger partial charge < -0.3 is 4.57 Å². The minimum atomic E-state index is 0.999. The first-order valence-electron chi connectivity index (χ1n) is 13.2. The molecule has 3 nitrogen and oxygen atoms in total. The molecule has 6 aromatic carbocycles. The van der Waals surface area contributed by atoms with Gasteiger partial charge in [0.25, 0.3) is 0 Å². The Balaban J connectivity index is 1.50. The van der Waals surface area contributed by atoms with E-state index in [4.69, 9.17) is 4.98 Å². The molecule has 0 radical (unpaired) electrons. The summed E-state index contributed by atoms with van der Waals surface area (Å²) in [5.41, 5.74) is 7.06. The summed E-state index contributed by atoms with van der Waals surface area (Å²) in [5.74, 6) is 0. The smallest absolute Gasteiger partial charge is 0.195 e. The molecular formula is C35H21N3S. The van der Waals surface area contributed by atoms with Crippen LogP contribution >= 0.6 is 11.3 Å². The second kappa shape index (κ2) is 7.79. The second-order valence-corrected chi connectivity index (χ2v) is 11.0. The summed E-state index contributed by atoms with van der Waals surface area (Å²) in [5, 5.41) is 8.50. The molecule has 3 heterocycles. The molecule has 0 unspecified atom stereocenters. The first-order chi connectivity index (χ1) is 19.4. The molecule has 0 spiro atoms. The molecule has 39 heavy (non-hydrogen) atoms. The fraction of sp³-hybridized carbons (Fsp3) is 0. The molecule has 0 saturated carbocycles. The van der Waals surface area contributed by atoms with E-state index in [0.29, 0.717) is 0 Å². The molecule has 9 aromatic rings. The third-order valence-corrected chi connectivity index (χ3v) is 8.97. The Morgan fingerprint density at radius 2 is 0.949 bits per heavy atom. The van der Waals surface area contributed by atoms with Gasteiger partial charge >= 0.3 is 0 Å². The lowest BCUT2D eigenvalue weighted by atomic mass is 10.0. The number of rotatable bonds is 2. The lowest BCUT2D eigenvalue weighted by molar-refractivity contribution is 1.15. The van der Waals surface area contributed by atoms with Crippen molar-refractivity contribution in [3.8, 4) is 10.8 Å². The number of fused-ring (bicyclic) bond motifs is 10. The first kappa shape index (κ1) is 21.1. The van der Waals surface area contributed by atoms with Gasteiger partial charge in [-0.15, -0.1) is 0 Å². The normalized spacial score (nSPS) is 12.1. The van der Waals surface area contributed by atoms with E-state index < -0.39 is 0 Å². The molecule has 182 valence electrons. The average Bonchev–Trinajstić information content (AvgIpc) is 3.67. The largest absolute Gasteiger partial charge is 0.309 e. The van der Waals surface area contributed by atoms with Crippen LogP contribution in [-0.4, -0.2) is 14.1 Å². The third kappa shape index (κ3) is 2.84. The highest BCUT2D eigenvalue weighted by Crippen LogP contribution is 2.42. The zero-order valence-corrected chi connectivity index (χ0v) is 21.7. The van der Waals surface area contributed by atoms with Crippen LogP contribution in [0.15, 0.2) is 127 Å². The Labute approximate surface area is 227 Å². The van der Waals surface area contributed by atoms with Crippen molar-refractivity contribution in [2.45, 2.75) is 0 Å². The van der Waals surface area contributed by atoms with Crippen LogP contribution in [0.25, 0.3) is 75.4 Å². The van der Waals surface area contributed by atoms with E-state index in [0.717, 1.165) is 10.6 Å². The molecule has 0 amide bonds. The zero-order chi connectivity index (χ0) is 25.5. The molecule has 0 aliphatic rings. The summed E-state index contributed by atoms with van der Waals surface area (Å²) >= 11 is 1.75. The van der Waals surface area contributed by atoms with E-state index in [9.17, 15) is 0 Å². The van der Waals surface area contributed by atoms with Crippen molar-refractivity contribution < 1.29 is 0 Å². The summed E-state index contributed by atoms with van der Waals surface area (Å²) in [4.78, 5) is 5.10. The van der Waals surface area contributed by atoms with E-state index in [1.54, 1.807) is 11.3 Å². The number of para-hydroxylation sites is 4. The maximum atomic E-state index is 5.10. The van der Waals surface area contributed by atoms with Crippen LogP contribution in [0, 0.1) is 0 Å². The predicted octanol–water partition coefficient (Wildman–Crippen LogP) is 9.64. The van der Waals surface area contributed by atoms with E-state index in [1.165, 1.54) is 64.8 Å². The molecule has 4 heteroatoms. The lowest BCUT2D eigenvalue weighted by Gasteiger charge is -2.11. The number of aromatic nitrogens is 3. The molecule has 0 aliphatic heterocycles. The van der Waals surface area contributed by atoms with Crippen LogP contribution in [0.4, 0.5) is 0 Å². The van der Waals surface area contributed by atoms with Gasteiger partial charge in [0.05, 0.1) is 32.3 Å². The number of hydrogen-bond acceptors (Lipinski definition) is 2. The van der Waals surface area contributed by atoms with Crippen molar-refractivity contribution in [1.82, 2.24) is 14.1 Å². The van der Waals surface area contributed by atoms with Gasteiger partial charge in [0, 0.05) is 38.0 Å². The van der Waals surface area contributed by atoms with Crippen LogP contribution in [0.2, 0.25) is 0 Å². The van der Waals surface area contributed by atoms with Crippen LogP contribution < -0.4 is 0 Å². The van der Waals surface area contributed by atoms with Crippen molar-refractivity contribution in [3.05, 3.63) is 127 Å². The third-order valence-electron chi connectivity index (χ3n) is 7.95. The van der Waals surface area contributed by atoms with Gasteiger partial charge in [-0.2, -0.15) is 0 Å². The zero-order valence-electron chi connectivity index (χ0n) is 20.9. The molecule has 0 saturated heterocycles. The maximum absolute atomic E-state index is 5.10. The molecule has 0 aliphatic carbocycles. The van der Waals surface area contributed by atoms with Crippen molar-refractivity contribution in [2.24, 2.45) is 0 Å². The number of hydrogen-bond donors (Lipinski definition) is 0. The maximum Gasteiger partial charge on any atom is 0.195 e. The average molecular weight is 516 g/mol. The molecule has 0 fully saturated rings. The Morgan fingerprint density at radius 1 is 0.436 bits per heavy atom. The van der Waals surface area contributed by atoms with Crippen LogP contribution in [0.1, 0.15) is 0 Å². The van der Waals surface area contributed by atoms with Crippen molar-refractivity contribution >= 4 is 75.9 Å². The highest BCUT2D eigenvalue weighted by molar-refractivity contribution is 7.20. The molecule has 0 N–H and O–H groups in total. The Hall–Kier alpha value is -4.93. The van der Waals surface area contributed by atoms with Gasteiger partial charge in [-0.05, 0) is 36.4 Å². The topological polar surface area (TPSA) is 22.8 Å². The molecular weight excluding hydrogens is 494 g/mol. The van der Waals surface area contributed by atoms with Crippen molar-refractivity contribution in [2.75, 3.05) is 0 Å². The van der Waals surface area contributed by atoms with E-state index in [1.807, 2.05) is 0 Å². The summed E-state index contributed by atoms with van der Waals surface area (Å²) < 4.78 is 5.99. The fourth-order valence-corrected chi connectivity index (χ4v) is 7.31. The minimum absolute atomic E-state index is 0.999. The Bertz CT molecular complexity index is 2360. The van der Waals surface area contributed by atoms with Gasteiger partial charge in [-0.1, -0.05) is 102 Å². The first-order valence-corrected chi connectivity index (χ1v) is 14.0. The quantitative estimate of drug-likeness (QED) is 0.225. The predicted molar refractivity (Wildman–Crippen MR) is 166 cm³/mol. The SMILES string of the molecule is c1ccc(-n2c3ccccc3c3ccc4c(ccc5c6ccccc6n(-c6nc7ccccc7s6)c54)c32)cc1. The Kier molecular flexibility index (Phi) is 4.21. The molecule has 0 bridgehead atoms. The minimum Gasteiger partial charge on any atom is -0.309 e. The Morgan fingerprint density at radius 3 is 1.62 bits per heavy atom. The summed E-state index contributed by atoms with van der Waals surface area (Å²) in [6.45, 7) is 0. The van der Waals surface area contributed by atoms with Crippen LogP contribution in [-0.2, 0) is 0 Å². The van der Waals surface area contributed by atoms with Crippen molar-refractivity contribution in [3.63, 3.8) is 0 Å². The van der Waals surface area contributed by atoms with Crippen LogP contribution in [0.3, 0.4) is 0 Å². The van der Waals surface area contributed by atoms with E-state index >= 15 is 0 Å². The van der Waals surface area contributed by atoms with Crippen LogP contribution in [0.5, 0.6) is 0 Å². The van der Waals surface area contributed by atoms with Crippen molar-refractivity contribution in [1.29, 1.82) is 0 Å². The summed E-state index contributed by atoms with van der Waals surface area (Å²) in [6.07, 6.45) is 0. The fourth-order valence-electron chi connectivity index (χ4n) is 6.32. The van der Waals surface area contributed by atoms with Gasteiger partial charge in [0.1, 0.15) is 0 Å². The number of thiazole rings is 1. The highest BCUT2D eigenvalue weighted by Gasteiger charge is 2.20. The highest BCUT2D eigenvalue weighted by atomic mass is 32.1. The second-order valence-electron chi connectivity index (χ2n) is 10.0. The standard InChI is InChI=1S/C35H21N3S/c1-2-10-22(11-3-1)37-30-15-7-4-12-23(30)25-18-21-28-27(33(25)37)20-19-26-24-13-5-8-16-31(24)38(34(26)28)35-36-29-14-6-9-17-32(29)39-35/h1-21H. The number of benzene rings is 6.